The summed E-state index contributed by atoms with van der Waals surface area (Å²) in [6.07, 6.45) is 3.59. The summed E-state index contributed by atoms with van der Waals surface area (Å²) >= 11 is 0. The summed E-state index contributed by atoms with van der Waals surface area (Å²) in [6, 6.07) is 0. The Balaban J connectivity index is 1.90. The van der Waals surface area contributed by atoms with Gasteiger partial charge in [-0.2, -0.15) is 0 Å². The van der Waals surface area contributed by atoms with Gasteiger partial charge in [-0.05, 0) is 0 Å². The summed E-state index contributed by atoms with van der Waals surface area (Å²) in [5.41, 5.74) is 0. The summed E-state index contributed by atoms with van der Waals surface area (Å²) in [5.74, 6) is 0. The van der Waals surface area contributed by atoms with Gasteiger partial charge in [0.25, 0.3) is 0 Å². The lowest BCUT2D eigenvalue weighted by Gasteiger charge is -2.07. The van der Waals surface area contributed by atoms with Gasteiger partial charge < -0.3 is 4.74 Å². The Hall–Kier alpha value is -0.940. The minimum Gasteiger partial charge on any atom is -0.360 e. The molecular weight excluding hydrogens is 144 g/mol. The van der Waals surface area contributed by atoms with Crippen molar-refractivity contribution in [2.45, 2.75) is 12.8 Å². The van der Waals surface area contributed by atoms with E-state index in [2.05, 4.69) is 15.6 Å². The third kappa shape index (κ3) is 1.55. The van der Waals surface area contributed by atoms with E-state index >= 15 is 0 Å². The average Bonchev–Trinajstić information content (AvgIpc) is 2.60. The molecule has 0 aromatic carbocycles. The number of nitrogens with zero attached hydrogens (tertiary/aromatic N) is 3. The first kappa shape index (κ1) is 6.75. The summed E-state index contributed by atoms with van der Waals surface area (Å²) in [6.45, 7) is 2.46. The molecule has 1 aliphatic rings. The van der Waals surface area contributed by atoms with Crippen LogP contribution in [0.3, 0.4) is 0 Å². The summed E-state index contributed by atoms with van der Waals surface area (Å²) in [7, 11) is 0. The summed E-state index contributed by atoms with van der Waals surface area (Å²) < 4.78 is 7.08. The topological polar surface area (TPSA) is 52.0 Å². The highest BCUT2D eigenvalue weighted by molar-refractivity contribution is 4.68. The maximum absolute atomic E-state index is 5.33. The van der Waals surface area contributed by atoms with E-state index in [0.29, 0.717) is 0 Å². The molecule has 1 fully saturated rings. The molecule has 1 aromatic heterocycles. The van der Waals surface area contributed by atoms with Gasteiger partial charge in [-0.1, -0.05) is 5.21 Å². The molecule has 0 amide bonds. The van der Waals surface area contributed by atoms with E-state index in [9.17, 15) is 0 Å². The van der Waals surface area contributed by atoms with Crippen LogP contribution in [0.2, 0.25) is 0 Å². The molecule has 1 atom stereocenters. The molecule has 2 heterocycles. The number of hydrogen-bond donors (Lipinski definition) is 1. The zero-order valence-electron chi connectivity index (χ0n) is 6.10. The SMILES string of the molecule is c1cn(CC2NCCO2)nn1. The van der Waals surface area contributed by atoms with Gasteiger partial charge >= 0.3 is 0 Å². The lowest BCUT2D eigenvalue weighted by molar-refractivity contribution is 0.0834. The maximum atomic E-state index is 5.33. The Morgan fingerprint density at radius 3 is 3.36 bits per heavy atom. The zero-order chi connectivity index (χ0) is 7.52. The van der Waals surface area contributed by atoms with Crippen LogP contribution in [0.25, 0.3) is 0 Å². The lowest BCUT2D eigenvalue weighted by atomic mass is 10.5. The number of ether oxygens (including phenoxy) is 1. The second-order valence-electron chi connectivity index (χ2n) is 2.44. The van der Waals surface area contributed by atoms with Crippen LogP contribution in [0.1, 0.15) is 0 Å². The number of nitrogens with one attached hydrogen (secondary N) is 1. The minimum atomic E-state index is 0.108. The third-order valence-corrected chi connectivity index (χ3v) is 1.62. The Morgan fingerprint density at radius 1 is 1.73 bits per heavy atom. The van der Waals surface area contributed by atoms with Crippen molar-refractivity contribution in [2.24, 2.45) is 0 Å². The predicted molar refractivity (Wildman–Crippen MR) is 37.8 cm³/mol. The van der Waals surface area contributed by atoms with Gasteiger partial charge in [0.2, 0.25) is 0 Å². The average molecular weight is 154 g/mol. The largest absolute Gasteiger partial charge is 0.360 e. The Morgan fingerprint density at radius 2 is 2.73 bits per heavy atom. The van der Waals surface area contributed by atoms with Crippen molar-refractivity contribution in [3.8, 4) is 0 Å². The van der Waals surface area contributed by atoms with Crippen molar-refractivity contribution in [3.63, 3.8) is 0 Å². The van der Waals surface area contributed by atoms with Crippen molar-refractivity contribution in [1.29, 1.82) is 0 Å². The van der Waals surface area contributed by atoms with Crippen LogP contribution in [0.4, 0.5) is 0 Å². The molecule has 1 aromatic rings. The first-order valence-electron chi connectivity index (χ1n) is 3.64. The van der Waals surface area contributed by atoms with Crippen molar-refractivity contribution in [1.82, 2.24) is 20.3 Å². The first-order valence-corrected chi connectivity index (χ1v) is 3.64. The standard InChI is InChI=1S/C6H10N4O/c1-3-10(9-8-1)5-6-7-2-4-11-6/h1,3,6-7H,2,4-5H2. The summed E-state index contributed by atoms with van der Waals surface area (Å²) in [4.78, 5) is 0. The first-order chi connectivity index (χ1) is 5.45. The van der Waals surface area contributed by atoms with Crippen molar-refractivity contribution < 1.29 is 4.74 Å². The monoisotopic (exact) mass is 154 g/mol. The predicted octanol–water partition coefficient (Wildman–Crippen LogP) is -0.776. The molecule has 5 heteroatoms. The van der Waals surface area contributed by atoms with Crippen LogP contribution in [-0.4, -0.2) is 34.4 Å². The van der Waals surface area contributed by atoms with E-state index in [1.165, 1.54) is 0 Å². The lowest BCUT2D eigenvalue weighted by Crippen LogP contribution is -2.28. The quantitative estimate of drug-likeness (QED) is 0.607. The molecule has 1 aliphatic heterocycles. The highest BCUT2D eigenvalue weighted by Crippen LogP contribution is 1.97. The minimum absolute atomic E-state index is 0.108. The van der Waals surface area contributed by atoms with Crippen molar-refractivity contribution in [2.75, 3.05) is 13.2 Å². The highest BCUT2D eigenvalue weighted by Gasteiger charge is 2.14. The van der Waals surface area contributed by atoms with Gasteiger partial charge in [0.05, 0.1) is 19.3 Å². The highest BCUT2D eigenvalue weighted by atomic mass is 16.5. The molecule has 0 spiro atoms. The Kier molecular flexibility index (Phi) is 1.83. The number of rotatable bonds is 2. The Bertz CT molecular complexity index is 204. The number of aromatic nitrogens is 3. The van der Waals surface area contributed by atoms with Gasteiger partial charge in [0.15, 0.2) is 0 Å². The molecule has 1 saturated heterocycles. The van der Waals surface area contributed by atoms with Crippen LogP contribution in [0, 0.1) is 0 Å². The third-order valence-electron chi connectivity index (χ3n) is 1.62. The fourth-order valence-electron chi connectivity index (χ4n) is 1.10. The molecule has 60 valence electrons. The van der Waals surface area contributed by atoms with Crippen LogP contribution in [-0.2, 0) is 11.3 Å². The fourth-order valence-corrected chi connectivity index (χ4v) is 1.10. The van der Waals surface area contributed by atoms with Gasteiger partial charge in [0, 0.05) is 12.7 Å². The second kappa shape index (κ2) is 2.98. The van der Waals surface area contributed by atoms with E-state index in [1.54, 1.807) is 10.9 Å². The molecule has 2 rings (SSSR count). The van der Waals surface area contributed by atoms with E-state index < -0.39 is 0 Å². The molecule has 1 N–H and O–H groups in total. The second-order valence-corrected chi connectivity index (χ2v) is 2.44. The van der Waals surface area contributed by atoms with Gasteiger partial charge in [-0.25, -0.2) is 4.68 Å². The Labute approximate surface area is 64.3 Å². The molecule has 11 heavy (non-hydrogen) atoms. The summed E-state index contributed by atoms with van der Waals surface area (Å²) in [5, 5.41) is 10.7. The molecule has 0 bridgehead atoms. The zero-order valence-corrected chi connectivity index (χ0v) is 6.10. The molecule has 0 radical (unpaired) electrons. The van der Waals surface area contributed by atoms with Gasteiger partial charge in [-0.15, -0.1) is 5.10 Å². The molecule has 0 aliphatic carbocycles. The normalized spacial score (nSPS) is 24.2. The van der Waals surface area contributed by atoms with Gasteiger partial charge in [-0.3, -0.25) is 5.32 Å². The fraction of sp³-hybridized carbons (Fsp3) is 0.667. The van der Waals surface area contributed by atoms with Crippen molar-refractivity contribution >= 4 is 0 Å². The molecule has 5 nitrogen and oxygen atoms in total. The van der Waals surface area contributed by atoms with E-state index in [0.717, 1.165) is 19.7 Å². The molecule has 1 unspecified atom stereocenters. The van der Waals surface area contributed by atoms with Crippen molar-refractivity contribution in [3.05, 3.63) is 12.4 Å². The number of hydrogen-bond acceptors (Lipinski definition) is 4. The van der Waals surface area contributed by atoms with E-state index in [1.807, 2.05) is 6.20 Å². The smallest absolute Gasteiger partial charge is 0.128 e. The maximum Gasteiger partial charge on any atom is 0.128 e. The van der Waals surface area contributed by atoms with Crippen LogP contribution in [0.15, 0.2) is 12.4 Å². The van der Waals surface area contributed by atoms with Gasteiger partial charge in [0.1, 0.15) is 6.23 Å². The van der Waals surface area contributed by atoms with Crippen LogP contribution < -0.4 is 5.32 Å². The van der Waals surface area contributed by atoms with E-state index in [4.69, 9.17) is 4.74 Å². The molecular formula is C6H10N4O. The molecule has 0 saturated carbocycles. The van der Waals surface area contributed by atoms with E-state index in [-0.39, 0.29) is 6.23 Å². The van der Waals surface area contributed by atoms with Crippen LogP contribution >= 0.6 is 0 Å². The van der Waals surface area contributed by atoms with Crippen LogP contribution in [0.5, 0.6) is 0 Å².